The Balaban J connectivity index is 1.77. The van der Waals surface area contributed by atoms with Crippen LogP contribution in [0.1, 0.15) is 12.8 Å². The lowest BCUT2D eigenvalue weighted by Gasteiger charge is -2.09. The van der Waals surface area contributed by atoms with E-state index in [0.29, 0.717) is 5.02 Å². The summed E-state index contributed by atoms with van der Waals surface area (Å²) < 4.78 is 0. The predicted molar refractivity (Wildman–Crippen MR) is 100 cm³/mol. The number of pyridine rings is 1. The van der Waals surface area contributed by atoms with Crippen molar-refractivity contribution in [1.82, 2.24) is 4.98 Å². The topological polar surface area (TPSA) is 113 Å². The summed E-state index contributed by atoms with van der Waals surface area (Å²) in [7, 11) is 0. The third-order valence-electron chi connectivity index (χ3n) is 3.06. The van der Waals surface area contributed by atoms with Gasteiger partial charge in [0.05, 0.1) is 5.52 Å². The van der Waals surface area contributed by atoms with E-state index in [-0.39, 0.29) is 11.1 Å². The third kappa shape index (κ3) is 5.61. The zero-order valence-corrected chi connectivity index (χ0v) is 14.1. The van der Waals surface area contributed by atoms with Gasteiger partial charge in [-0.2, -0.15) is 4.99 Å². The van der Waals surface area contributed by atoms with Gasteiger partial charge in [0.15, 0.2) is 11.1 Å². The summed E-state index contributed by atoms with van der Waals surface area (Å²) in [6, 6.07) is 7.65. The van der Waals surface area contributed by atoms with Crippen molar-refractivity contribution in [3.8, 4) is 0 Å². The molecule has 1 aromatic carbocycles. The Bertz CT molecular complexity index is 714. The summed E-state index contributed by atoms with van der Waals surface area (Å²) in [4.78, 5) is 7.99. The van der Waals surface area contributed by atoms with Crippen LogP contribution in [0.2, 0.25) is 5.02 Å². The lowest BCUT2D eigenvalue weighted by molar-refractivity contribution is 0.844. The molecule has 6 N–H and O–H groups in total. The van der Waals surface area contributed by atoms with E-state index in [2.05, 4.69) is 15.3 Å². The number of hydrogen-bond acceptors (Lipinski definition) is 4. The van der Waals surface area contributed by atoms with Crippen molar-refractivity contribution in [3.05, 3.63) is 35.5 Å². The van der Waals surface area contributed by atoms with Crippen molar-refractivity contribution < 1.29 is 0 Å². The molecule has 0 aliphatic heterocycles. The number of nitrogens with one attached hydrogen (secondary N) is 2. The molecule has 0 fully saturated rings. The maximum Gasteiger partial charge on any atom is 0.193 e. The molecule has 8 heteroatoms. The van der Waals surface area contributed by atoms with Crippen molar-refractivity contribution in [1.29, 1.82) is 5.41 Å². The number of nitrogens with two attached hydrogens (primary N) is 2. The Kier molecular flexibility index (Phi) is 6.49. The average Bonchev–Trinajstić information content (AvgIpc) is 2.49. The number of nitrogens with zero attached hydrogens (tertiary/aromatic N) is 2. The van der Waals surface area contributed by atoms with E-state index in [0.717, 1.165) is 41.7 Å². The number of aliphatic imine (C=N–C) groups is 1. The van der Waals surface area contributed by atoms with E-state index in [4.69, 9.17) is 28.5 Å². The van der Waals surface area contributed by atoms with Gasteiger partial charge in [-0.1, -0.05) is 23.4 Å². The number of amidine groups is 1. The number of guanidine groups is 1. The number of aromatic nitrogens is 1. The highest BCUT2D eigenvalue weighted by Gasteiger charge is 2.02. The molecule has 0 bridgehead atoms. The van der Waals surface area contributed by atoms with E-state index in [1.54, 1.807) is 6.20 Å². The number of benzene rings is 1. The van der Waals surface area contributed by atoms with Crippen molar-refractivity contribution in [2.75, 3.05) is 17.6 Å². The lowest BCUT2D eigenvalue weighted by atomic mass is 10.2. The van der Waals surface area contributed by atoms with E-state index in [9.17, 15) is 0 Å². The molecule has 0 atom stereocenters. The number of anilines is 1. The Morgan fingerprint density at radius 2 is 2.13 bits per heavy atom. The molecule has 6 nitrogen and oxygen atoms in total. The summed E-state index contributed by atoms with van der Waals surface area (Å²) >= 11 is 7.32. The van der Waals surface area contributed by atoms with Crippen LogP contribution in [-0.2, 0) is 0 Å². The number of hydrogen-bond donors (Lipinski definition) is 4. The number of halogens is 1. The number of thioether (sulfide) groups is 1. The molecule has 0 saturated heterocycles. The SMILES string of the molecule is N=C(N=C(N)N)SCCCCNc1ccnc2cc(Cl)ccc12. The molecule has 0 spiro atoms. The molecule has 23 heavy (non-hydrogen) atoms. The molecular formula is C15H19ClN6S. The van der Waals surface area contributed by atoms with Crippen molar-refractivity contribution in [2.24, 2.45) is 16.5 Å². The molecule has 0 aliphatic rings. The van der Waals surface area contributed by atoms with Crippen LogP contribution in [-0.4, -0.2) is 28.4 Å². The second kappa shape index (κ2) is 8.59. The van der Waals surface area contributed by atoms with Gasteiger partial charge in [0.2, 0.25) is 0 Å². The van der Waals surface area contributed by atoms with Gasteiger partial charge in [-0.25, -0.2) is 0 Å². The first kappa shape index (κ1) is 17.4. The number of fused-ring (bicyclic) bond motifs is 1. The summed E-state index contributed by atoms with van der Waals surface area (Å²) in [5.74, 6) is 0.734. The van der Waals surface area contributed by atoms with Gasteiger partial charge in [-0.15, -0.1) is 0 Å². The van der Waals surface area contributed by atoms with Gasteiger partial charge in [-0.3, -0.25) is 10.4 Å². The summed E-state index contributed by atoms with van der Waals surface area (Å²) in [5, 5.41) is 12.8. The highest BCUT2D eigenvalue weighted by molar-refractivity contribution is 8.13. The minimum atomic E-state index is -0.0752. The minimum Gasteiger partial charge on any atom is -0.384 e. The Morgan fingerprint density at radius 1 is 1.30 bits per heavy atom. The molecule has 0 amide bonds. The fraction of sp³-hybridized carbons (Fsp3) is 0.267. The first-order valence-corrected chi connectivity index (χ1v) is 8.52. The Morgan fingerprint density at radius 3 is 2.91 bits per heavy atom. The van der Waals surface area contributed by atoms with Crippen LogP contribution in [0.15, 0.2) is 35.5 Å². The molecular weight excluding hydrogens is 332 g/mol. The van der Waals surface area contributed by atoms with Crippen molar-refractivity contribution >= 4 is 51.1 Å². The second-order valence-electron chi connectivity index (χ2n) is 4.84. The fourth-order valence-corrected chi connectivity index (χ4v) is 2.92. The first-order chi connectivity index (χ1) is 11.1. The van der Waals surface area contributed by atoms with E-state index in [1.807, 2.05) is 24.3 Å². The predicted octanol–water partition coefficient (Wildman–Crippen LogP) is 3.02. The van der Waals surface area contributed by atoms with Gasteiger partial charge in [0.1, 0.15) is 0 Å². The second-order valence-corrected chi connectivity index (χ2v) is 6.36. The van der Waals surface area contributed by atoms with Crippen LogP contribution in [0.25, 0.3) is 10.9 Å². The summed E-state index contributed by atoms with van der Waals surface area (Å²) in [6.45, 7) is 0.845. The molecule has 0 saturated carbocycles. The van der Waals surface area contributed by atoms with Crippen LogP contribution < -0.4 is 16.8 Å². The van der Waals surface area contributed by atoms with Crippen LogP contribution in [0.5, 0.6) is 0 Å². The molecule has 0 radical (unpaired) electrons. The van der Waals surface area contributed by atoms with E-state index >= 15 is 0 Å². The van der Waals surface area contributed by atoms with Crippen LogP contribution >= 0.6 is 23.4 Å². The van der Waals surface area contributed by atoms with Gasteiger partial charge >= 0.3 is 0 Å². The van der Waals surface area contributed by atoms with E-state index < -0.39 is 0 Å². The van der Waals surface area contributed by atoms with Crippen LogP contribution in [0, 0.1) is 5.41 Å². The lowest BCUT2D eigenvalue weighted by Crippen LogP contribution is -2.23. The summed E-state index contributed by atoms with van der Waals surface area (Å²) in [6.07, 6.45) is 3.72. The zero-order chi connectivity index (χ0) is 16.7. The Hall–Kier alpha value is -1.99. The maximum atomic E-state index is 7.52. The smallest absolute Gasteiger partial charge is 0.193 e. The Labute approximate surface area is 144 Å². The zero-order valence-electron chi connectivity index (χ0n) is 12.6. The highest BCUT2D eigenvalue weighted by Crippen LogP contribution is 2.24. The quantitative estimate of drug-likeness (QED) is 0.363. The molecule has 0 aliphatic carbocycles. The fourth-order valence-electron chi connectivity index (χ4n) is 2.04. The van der Waals surface area contributed by atoms with E-state index in [1.165, 1.54) is 11.8 Å². The molecule has 0 unspecified atom stereocenters. The highest BCUT2D eigenvalue weighted by atomic mass is 35.5. The largest absolute Gasteiger partial charge is 0.384 e. The minimum absolute atomic E-state index is 0.0752. The summed E-state index contributed by atoms with van der Waals surface area (Å²) in [5.41, 5.74) is 12.4. The molecule has 2 aromatic rings. The van der Waals surface area contributed by atoms with Gasteiger partial charge in [-0.05, 0) is 37.1 Å². The molecule has 1 heterocycles. The standard InChI is InChI=1S/C15H19ClN6S/c16-10-3-4-11-12(5-7-21-13(11)9-10)20-6-1-2-8-23-15(19)22-14(17)18/h3-5,7,9H,1-2,6,8H2,(H,20,21)(H5,17,18,19,22). The maximum absolute atomic E-state index is 7.52. The van der Waals surface area contributed by atoms with Crippen LogP contribution in [0.3, 0.4) is 0 Å². The first-order valence-electron chi connectivity index (χ1n) is 7.15. The molecule has 2 rings (SSSR count). The monoisotopic (exact) mass is 350 g/mol. The number of unbranched alkanes of at least 4 members (excludes halogenated alkanes) is 1. The average molecular weight is 351 g/mol. The van der Waals surface area contributed by atoms with Gasteiger partial charge < -0.3 is 16.8 Å². The van der Waals surface area contributed by atoms with Crippen LogP contribution in [0.4, 0.5) is 5.69 Å². The normalized spacial score (nSPS) is 10.5. The molecule has 1 aromatic heterocycles. The molecule has 122 valence electrons. The number of rotatable bonds is 6. The third-order valence-corrected chi connectivity index (χ3v) is 4.15. The van der Waals surface area contributed by atoms with Crippen molar-refractivity contribution in [2.45, 2.75) is 12.8 Å². The van der Waals surface area contributed by atoms with Crippen molar-refractivity contribution in [3.63, 3.8) is 0 Å². The van der Waals surface area contributed by atoms with Gasteiger partial charge in [0, 0.05) is 34.6 Å². The van der Waals surface area contributed by atoms with Gasteiger partial charge in [0.25, 0.3) is 0 Å².